The summed E-state index contributed by atoms with van der Waals surface area (Å²) < 4.78 is 10.8. The molecular weight excluding hydrogens is 406 g/mol. The van der Waals surface area contributed by atoms with E-state index in [2.05, 4.69) is 16.3 Å². The van der Waals surface area contributed by atoms with Crippen LogP contribution < -0.4 is 25.2 Å². The maximum Gasteiger partial charge on any atom is 0.267 e. The summed E-state index contributed by atoms with van der Waals surface area (Å²) in [6.45, 7) is 2.73. The largest absolute Gasteiger partial charge is 0.454 e. The molecule has 2 heterocycles. The van der Waals surface area contributed by atoms with E-state index in [9.17, 15) is 4.79 Å². The maximum atomic E-state index is 11.3. The van der Waals surface area contributed by atoms with Gasteiger partial charge in [0.05, 0.1) is 0 Å². The number of benzene rings is 2. The highest BCUT2D eigenvalue weighted by Crippen LogP contribution is 2.36. The number of halogens is 1. The van der Waals surface area contributed by atoms with Crippen LogP contribution in [0.3, 0.4) is 0 Å². The molecule has 0 spiro atoms. The van der Waals surface area contributed by atoms with Gasteiger partial charge in [0.1, 0.15) is 0 Å². The van der Waals surface area contributed by atoms with Crippen molar-refractivity contribution < 1.29 is 19.5 Å². The lowest BCUT2D eigenvalue weighted by atomic mass is 10.0. The van der Waals surface area contributed by atoms with Crippen LogP contribution in [-0.4, -0.2) is 37.0 Å². The normalized spacial score (nSPS) is 16.3. The number of rotatable bonds is 6. The Morgan fingerprint density at radius 3 is 2.70 bits per heavy atom. The first-order chi connectivity index (χ1) is 14.6. The molecule has 4 rings (SSSR count). The Labute approximate surface area is 180 Å². The van der Waals surface area contributed by atoms with Gasteiger partial charge in [0.25, 0.3) is 5.91 Å². The molecule has 1 fully saturated rings. The van der Waals surface area contributed by atoms with E-state index in [1.165, 1.54) is 6.08 Å². The van der Waals surface area contributed by atoms with Crippen LogP contribution in [0.5, 0.6) is 11.5 Å². The molecule has 158 valence electrons. The van der Waals surface area contributed by atoms with E-state index >= 15 is 0 Å². The number of hydrogen-bond acceptors (Lipinski definition) is 6. The number of piperidine rings is 1. The minimum Gasteiger partial charge on any atom is -0.454 e. The van der Waals surface area contributed by atoms with E-state index < -0.39 is 5.91 Å². The molecule has 2 aliphatic heterocycles. The van der Waals surface area contributed by atoms with Crippen molar-refractivity contribution in [3.8, 4) is 11.5 Å². The summed E-state index contributed by atoms with van der Waals surface area (Å²) in [7, 11) is 0. The molecule has 0 radical (unpaired) electrons. The van der Waals surface area contributed by atoms with Crippen LogP contribution in [0, 0.1) is 0 Å². The predicted octanol–water partition coefficient (Wildman–Crippen LogP) is 3.35. The molecule has 0 saturated carbocycles. The Bertz CT molecular complexity index is 942. The second-order valence-corrected chi connectivity index (χ2v) is 7.71. The average Bonchev–Trinajstić information content (AvgIpc) is 3.23. The smallest absolute Gasteiger partial charge is 0.267 e. The third-order valence-electron chi connectivity index (χ3n) is 5.42. The van der Waals surface area contributed by atoms with Gasteiger partial charge < -0.3 is 19.7 Å². The zero-order chi connectivity index (χ0) is 20.9. The summed E-state index contributed by atoms with van der Waals surface area (Å²) in [5.41, 5.74) is 4.64. The zero-order valence-corrected chi connectivity index (χ0v) is 17.2. The van der Waals surface area contributed by atoms with Gasteiger partial charge in [-0.3, -0.25) is 10.0 Å². The van der Waals surface area contributed by atoms with E-state index in [1.54, 1.807) is 11.6 Å². The van der Waals surface area contributed by atoms with Crippen molar-refractivity contribution in [1.82, 2.24) is 10.8 Å². The fourth-order valence-corrected chi connectivity index (χ4v) is 4.01. The van der Waals surface area contributed by atoms with Crippen molar-refractivity contribution in [2.75, 3.05) is 24.8 Å². The molecule has 3 N–H and O–H groups in total. The number of hydroxylamine groups is 1. The van der Waals surface area contributed by atoms with Crippen LogP contribution in [0.1, 0.15) is 24.0 Å². The number of carbonyl (C=O) groups is 1. The van der Waals surface area contributed by atoms with Crippen LogP contribution >= 0.6 is 11.6 Å². The van der Waals surface area contributed by atoms with Crippen molar-refractivity contribution in [3.05, 3.63) is 58.6 Å². The number of carbonyl (C=O) groups excluding carboxylic acids is 1. The number of nitrogens with one attached hydrogen (secondary N) is 2. The standard InChI is InChI=1S/C22H24ClN3O4/c23-18-12-21-20(29-14-30-21)11-16(18)13-24-17-7-9-26(10-8-17)19-4-2-1-3-15(19)5-6-22(27)25-28/h1-6,11-12,17,24,28H,7-10,13-14H2,(H,25,27). The molecule has 1 saturated heterocycles. The van der Waals surface area contributed by atoms with Gasteiger partial charge in [-0.15, -0.1) is 0 Å². The van der Waals surface area contributed by atoms with Crippen LogP contribution in [-0.2, 0) is 11.3 Å². The van der Waals surface area contributed by atoms with E-state index in [4.69, 9.17) is 26.3 Å². The van der Waals surface area contributed by atoms with Gasteiger partial charge >= 0.3 is 0 Å². The molecule has 0 aliphatic carbocycles. The topological polar surface area (TPSA) is 83.1 Å². The summed E-state index contributed by atoms with van der Waals surface area (Å²) >= 11 is 6.37. The minimum atomic E-state index is -0.546. The van der Waals surface area contributed by atoms with E-state index in [0.29, 0.717) is 23.4 Å². The molecule has 0 atom stereocenters. The van der Waals surface area contributed by atoms with Crippen LogP contribution in [0.25, 0.3) is 6.08 Å². The molecule has 30 heavy (non-hydrogen) atoms. The number of para-hydroxylation sites is 1. The molecule has 8 heteroatoms. The second kappa shape index (κ2) is 9.38. The molecule has 2 aliphatic rings. The SMILES string of the molecule is O=C(C=Cc1ccccc1N1CCC(NCc2cc3c(cc2Cl)OCO3)CC1)NO. The van der Waals surface area contributed by atoms with Gasteiger partial charge in [-0.2, -0.15) is 0 Å². The predicted molar refractivity (Wildman–Crippen MR) is 115 cm³/mol. The first kappa shape index (κ1) is 20.5. The monoisotopic (exact) mass is 429 g/mol. The molecule has 2 aromatic rings. The third-order valence-corrected chi connectivity index (χ3v) is 5.77. The molecule has 7 nitrogen and oxygen atoms in total. The zero-order valence-electron chi connectivity index (χ0n) is 16.4. The Balaban J connectivity index is 1.34. The van der Waals surface area contributed by atoms with E-state index in [1.807, 2.05) is 30.3 Å². The molecule has 2 aromatic carbocycles. The van der Waals surface area contributed by atoms with Crippen molar-refractivity contribution >= 4 is 29.3 Å². The quantitative estimate of drug-likeness (QED) is 0.371. The highest BCUT2D eigenvalue weighted by molar-refractivity contribution is 6.31. The highest BCUT2D eigenvalue weighted by Gasteiger charge is 2.21. The maximum absolute atomic E-state index is 11.3. The fourth-order valence-electron chi connectivity index (χ4n) is 3.79. The second-order valence-electron chi connectivity index (χ2n) is 7.31. The lowest BCUT2D eigenvalue weighted by Gasteiger charge is -2.35. The number of fused-ring (bicyclic) bond motifs is 1. The van der Waals surface area contributed by atoms with Gasteiger partial charge in [-0.05, 0) is 42.2 Å². The van der Waals surface area contributed by atoms with Crippen LogP contribution in [0.4, 0.5) is 5.69 Å². The van der Waals surface area contributed by atoms with Gasteiger partial charge in [-0.1, -0.05) is 29.8 Å². The van der Waals surface area contributed by atoms with Gasteiger partial charge in [0, 0.05) is 48.5 Å². The van der Waals surface area contributed by atoms with Gasteiger partial charge in [-0.25, -0.2) is 5.48 Å². The summed E-state index contributed by atoms with van der Waals surface area (Å²) in [6.07, 6.45) is 5.03. The van der Waals surface area contributed by atoms with Crippen molar-refractivity contribution in [1.29, 1.82) is 0 Å². The Hall–Kier alpha value is -2.74. The van der Waals surface area contributed by atoms with Crippen LogP contribution in [0.2, 0.25) is 5.02 Å². The van der Waals surface area contributed by atoms with Gasteiger partial charge in [0.15, 0.2) is 11.5 Å². The first-order valence-corrected chi connectivity index (χ1v) is 10.3. The highest BCUT2D eigenvalue weighted by atomic mass is 35.5. The summed E-state index contributed by atoms with van der Waals surface area (Å²) in [4.78, 5) is 13.6. The molecular formula is C22H24ClN3O4. The number of nitrogens with zero attached hydrogens (tertiary/aromatic N) is 1. The van der Waals surface area contributed by atoms with Crippen LogP contribution in [0.15, 0.2) is 42.5 Å². The molecule has 1 amide bonds. The van der Waals surface area contributed by atoms with Gasteiger partial charge in [0.2, 0.25) is 6.79 Å². The summed E-state index contributed by atoms with van der Waals surface area (Å²) in [6, 6.07) is 12.1. The number of ether oxygens (including phenoxy) is 2. The number of amides is 1. The lowest BCUT2D eigenvalue weighted by Crippen LogP contribution is -2.42. The van der Waals surface area contributed by atoms with Crippen molar-refractivity contribution in [2.45, 2.75) is 25.4 Å². The number of hydrogen-bond donors (Lipinski definition) is 3. The summed E-state index contributed by atoms with van der Waals surface area (Å²) in [5.74, 6) is 0.890. The van der Waals surface area contributed by atoms with E-state index in [-0.39, 0.29) is 6.79 Å². The molecule has 0 unspecified atom stereocenters. The van der Waals surface area contributed by atoms with Crippen molar-refractivity contribution in [2.24, 2.45) is 0 Å². The molecule has 0 bridgehead atoms. The lowest BCUT2D eigenvalue weighted by molar-refractivity contribution is -0.124. The molecule has 0 aromatic heterocycles. The first-order valence-electron chi connectivity index (χ1n) is 9.91. The van der Waals surface area contributed by atoms with Crippen molar-refractivity contribution in [3.63, 3.8) is 0 Å². The average molecular weight is 430 g/mol. The van der Waals surface area contributed by atoms with E-state index in [0.717, 1.165) is 48.5 Å². The Morgan fingerprint density at radius 2 is 1.93 bits per heavy atom. The third kappa shape index (κ3) is 4.70. The summed E-state index contributed by atoms with van der Waals surface area (Å²) in [5, 5.41) is 12.9. The fraction of sp³-hybridized carbons (Fsp3) is 0.318. The Kier molecular flexibility index (Phi) is 6.42. The Morgan fingerprint density at radius 1 is 1.20 bits per heavy atom. The number of anilines is 1. The minimum absolute atomic E-state index is 0.238.